The molecule has 304 valence electrons. The second-order valence-corrected chi connectivity index (χ2v) is 13.1. The zero-order valence-electron chi connectivity index (χ0n) is 33.1. The Bertz CT molecular complexity index is 1600. The van der Waals surface area contributed by atoms with Gasteiger partial charge in [0.15, 0.2) is 0 Å². The second kappa shape index (κ2) is 29.8. The Morgan fingerprint density at radius 2 is 1.20 bits per heavy atom. The Labute approximate surface area is 331 Å². The van der Waals surface area contributed by atoms with Crippen LogP contribution in [0.2, 0.25) is 0 Å². The summed E-state index contributed by atoms with van der Waals surface area (Å²) in [6.07, 6.45) is 2.59. The highest BCUT2D eigenvalue weighted by Crippen LogP contribution is 2.22. The lowest BCUT2D eigenvalue weighted by Crippen LogP contribution is -2.30. The van der Waals surface area contributed by atoms with Gasteiger partial charge in [0, 0.05) is 18.0 Å². The van der Waals surface area contributed by atoms with Crippen molar-refractivity contribution in [1.29, 1.82) is 0 Å². The number of para-hydroxylation sites is 2. The van der Waals surface area contributed by atoms with Gasteiger partial charge in [-0.1, -0.05) is 104 Å². The molecule has 4 aromatic carbocycles. The number of aryl methyl sites for hydroxylation is 1. The van der Waals surface area contributed by atoms with Crippen LogP contribution in [0.4, 0.5) is 21.0 Å². The second-order valence-electron chi connectivity index (χ2n) is 13.1. The first-order valence-electron chi connectivity index (χ1n) is 18.5. The fourth-order valence-electron chi connectivity index (χ4n) is 4.53. The normalized spacial score (nSPS) is 17.8. The minimum absolute atomic E-state index is 0.0486. The molecule has 5 atom stereocenters. The van der Waals surface area contributed by atoms with Gasteiger partial charge in [-0.3, -0.25) is 4.90 Å². The molecular weight excluding hydrogens is 716 g/mol. The molecule has 0 saturated carbocycles. The monoisotopic (exact) mass is 774 g/mol. The molecule has 4 aromatic rings. The van der Waals surface area contributed by atoms with Crippen molar-refractivity contribution in [3.63, 3.8) is 0 Å². The summed E-state index contributed by atoms with van der Waals surface area (Å²) in [5, 5.41) is 17.8. The van der Waals surface area contributed by atoms with E-state index in [-0.39, 0.29) is 37.1 Å². The number of aliphatic hydroxyl groups is 2. The molecule has 3 heterocycles. The number of anilines is 2. The largest absolute Gasteiger partial charge is 0.508 e. The van der Waals surface area contributed by atoms with Crippen molar-refractivity contribution in [3.05, 3.63) is 132 Å². The fraction of sp³-hybridized carbons (Fsp3) is 0.386. The first-order valence-corrected chi connectivity index (χ1v) is 18.5. The van der Waals surface area contributed by atoms with Crippen molar-refractivity contribution in [3.8, 4) is 0 Å². The molecule has 3 aliphatic rings. The maximum atomic E-state index is 11.3. The minimum atomic E-state index is -0.549. The van der Waals surface area contributed by atoms with Crippen molar-refractivity contribution in [1.82, 2.24) is 0 Å². The van der Waals surface area contributed by atoms with E-state index in [1.807, 2.05) is 118 Å². The molecule has 12 heteroatoms. The molecule has 56 heavy (non-hydrogen) atoms. The van der Waals surface area contributed by atoms with Crippen LogP contribution in [0.5, 0.6) is 0 Å². The van der Waals surface area contributed by atoms with Crippen LogP contribution in [0.3, 0.4) is 0 Å². The molecule has 3 fully saturated rings. The van der Waals surface area contributed by atoms with Gasteiger partial charge in [-0.15, -0.1) is 0 Å². The van der Waals surface area contributed by atoms with Crippen LogP contribution < -0.4 is 10.6 Å². The third kappa shape index (κ3) is 24.7. The number of nitrogen functional groups attached to an aromatic ring is 1. The van der Waals surface area contributed by atoms with E-state index in [0.717, 1.165) is 37.2 Å². The van der Waals surface area contributed by atoms with Gasteiger partial charge < -0.3 is 34.9 Å². The van der Waals surface area contributed by atoms with E-state index in [4.69, 9.17) is 35.0 Å². The summed E-state index contributed by atoms with van der Waals surface area (Å²) < 4.78 is 18.5. The maximum Gasteiger partial charge on any atom is 0.508 e. The van der Waals surface area contributed by atoms with Gasteiger partial charge in [0.2, 0.25) is 0 Å². The van der Waals surface area contributed by atoms with E-state index in [1.54, 1.807) is 11.8 Å². The van der Waals surface area contributed by atoms with Crippen molar-refractivity contribution in [2.45, 2.75) is 78.2 Å². The first-order chi connectivity index (χ1) is 26.9. The highest BCUT2D eigenvalue weighted by Gasteiger charge is 2.30. The number of amides is 1. The molecule has 0 aromatic heterocycles. The molecule has 3 saturated heterocycles. The van der Waals surface area contributed by atoms with E-state index < -0.39 is 6.16 Å². The van der Waals surface area contributed by atoms with Crippen LogP contribution in [-0.4, -0.2) is 79.4 Å². The fourth-order valence-corrected chi connectivity index (χ4v) is 4.53. The number of carbonyl (C=O) groups excluding carboxylic acids is 4. The predicted octanol–water partition coefficient (Wildman–Crippen LogP) is 7.52. The van der Waals surface area contributed by atoms with Crippen LogP contribution in [0, 0.1) is 5.92 Å². The summed E-state index contributed by atoms with van der Waals surface area (Å²) in [7, 11) is 0. The molecule has 1 amide bonds. The number of hydrogen-bond acceptors (Lipinski definition) is 11. The average molecular weight is 775 g/mol. The number of ether oxygens (including phenoxy) is 4. The number of nitrogens with two attached hydrogens (primary N) is 1. The van der Waals surface area contributed by atoms with Crippen LogP contribution in [0.15, 0.2) is 121 Å². The Morgan fingerprint density at radius 3 is 1.52 bits per heavy atom. The lowest BCUT2D eigenvalue weighted by atomic mass is 10.0. The van der Waals surface area contributed by atoms with Crippen LogP contribution in [-0.2, 0) is 41.4 Å². The third-order valence-electron chi connectivity index (χ3n) is 7.58. The van der Waals surface area contributed by atoms with Crippen LogP contribution in [0.1, 0.15) is 52.2 Å². The molecule has 7 rings (SSSR count). The number of epoxide rings is 1. The number of nitrogens with zero attached hydrogens (tertiary/aromatic N) is 1. The summed E-state index contributed by atoms with van der Waals surface area (Å²) in [6, 6.07) is 39.6. The van der Waals surface area contributed by atoms with Gasteiger partial charge >= 0.3 is 18.4 Å². The van der Waals surface area contributed by atoms with Gasteiger partial charge in [-0.25, -0.2) is 9.59 Å². The molecule has 0 spiro atoms. The number of cyclic esters (lactones) is 3. The Morgan fingerprint density at radius 1 is 0.732 bits per heavy atom. The summed E-state index contributed by atoms with van der Waals surface area (Å²) in [4.78, 5) is 39.2. The molecule has 0 aliphatic carbocycles. The number of carbonyl (C=O) groups is 2. The van der Waals surface area contributed by atoms with Gasteiger partial charge in [0.1, 0.15) is 19.3 Å². The van der Waals surface area contributed by atoms with Crippen LogP contribution >= 0.6 is 0 Å². The zero-order chi connectivity index (χ0) is 41.6. The van der Waals surface area contributed by atoms with Gasteiger partial charge in [-0.05, 0) is 88.3 Å². The molecule has 0 bridgehead atoms. The van der Waals surface area contributed by atoms with Crippen molar-refractivity contribution >= 4 is 29.8 Å². The van der Waals surface area contributed by atoms with E-state index in [0.29, 0.717) is 25.2 Å². The smallest absolute Gasteiger partial charge is 0.447 e. The molecule has 3 aliphatic heterocycles. The number of hydrogen-bond donors (Lipinski definition) is 3. The van der Waals surface area contributed by atoms with Crippen LogP contribution in [0.25, 0.3) is 0 Å². The van der Waals surface area contributed by atoms with Gasteiger partial charge in [0.05, 0.1) is 24.9 Å². The zero-order valence-corrected chi connectivity index (χ0v) is 33.1. The summed E-state index contributed by atoms with van der Waals surface area (Å²) in [5.41, 5.74) is 9.68. The summed E-state index contributed by atoms with van der Waals surface area (Å²) >= 11 is 0. The van der Waals surface area contributed by atoms with Crippen molar-refractivity contribution < 1.29 is 48.3 Å². The molecule has 0 radical (unpaired) electrons. The topological polar surface area (TPSA) is 178 Å². The highest BCUT2D eigenvalue weighted by molar-refractivity contribution is 5.90. The molecule has 5 unspecified atom stereocenters. The Kier molecular flexibility index (Phi) is 25.8. The molecular formula is C44H58N2O10. The lowest BCUT2D eigenvalue weighted by Gasteiger charge is -2.17. The van der Waals surface area contributed by atoms with E-state index >= 15 is 0 Å². The van der Waals surface area contributed by atoms with E-state index in [9.17, 15) is 9.59 Å². The van der Waals surface area contributed by atoms with Gasteiger partial charge in [0.25, 0.3) is 0 Å². The number of aliphatic hydroxyl groups excluding tert-OH is 2. The third-order valence-corrected chi connectivity index (χ3v) is 7.58. The van der Waals surface area contributed by atoms with Crippen molar-refractivity contribution in [2.75, 3.05) is 37.1 Å². The lowest BCUT2D eigenvalue weighted by molar-refractivity contribution is -0.191. The Balaban J connectivity index is 0.000000340. The summed E-state index contributed by atoms with van der Waals surface area (Å²) in [5.74, 6) is 0.373. The predicted molar refractivity (Wildman–Crippen MR) is 216 cm³/mol. The SMILES string of the molecule is CC(CO)Cc1ccccc1.CC(O)CCc1ccccc1.CC1CO1.CC1COC(=O)N1c1ccccc1.CC1COC(=O)O1.Nc1ccccc1.O=C=O. The number of benzene rings is 4. The van der Waals surface area contributed by atoms with Gasteiger partial charge in [-0.2, -0.15) is 9.59 Å². The molecule has 4 N–H and O–H groups in total. The van der Waals surface area contributed by atoms with Crippen molar-refractivity contribution in [2.24, 2.45) is 5.92 Å². The van der Waals surface area contributed by atoms with E-state index in [2.05, 4.69) is 40.7 Å². The minimum Gasteiger partial charge on any atom is -0.447 e. The quantitative estimate of drug-likeness (QED) is 0.0961. The molecule has 12 nitrogen and oxygen atoms in total. The standard InChI is InChI=1S/C10H11NO2.2C10H14O.C6H7N.C4H6O3.C3H6O.CO2/c1-8-7-13-10(12)11(8)9-5-3-2-4-6-9;1-9(8-11)7-10-5-3-2-4-6-10;1-9(11)7-8-10-5-3-2-4-6-10;7-6-4-2-1-3-5-6;1-3-2-6-4(5)7-3;1-3-2-4-3;2-1-3/h2-6,8H,7H2,1H3;2*2-6,9,11H,7-8H2,1H3;1-5H,7H2;3H,2H2,1H3;3H,2H2,1H3;. The highest BCUT2D eigenvalue weighted by atomic mass is 16.8. The maximum absolute atomic E-state index is 11.3. The number of rotatable bonds is 7. The Hall–Kier alpha value is -5.52. The average Bonchev–Trinajstić information content (AvgIpc) is 3.78. The first kappa shape index (κ1) is 48.5. The van der Waals surface area contributed by atoms with E-state index in [1.165, 1.54) is 11.1 Å². The summed E-state index contributed by atoms with van der Waals surface area (Å²) in [6.45, 7) is 11.8.